The van der Waals surface area contributed by atoms with Crippen LogP contribution in [0.3, 0.4) is 0 Å². The van der Waals surface area contributed by atoms with Gasteiger partial charge in [-0.25, -0.2) is 0 Å². The summed E-state index contributed by atoms with van der Waals surface area (Å²) in [6.07, 6.45) is 0. The maximum atomic E-state index is 8.87. The molecule has 1 aromatic heterocycles. The van der Waals surface area contributed by atoms with Gasteiger partial charge in [-0.2, -0.15) is 0 Å². The molecule has 0 saturated heterocycles. The van der Waals surface area contributed by atoms with E-state index in [4.69, 9.17) is 6.85 Å². The second-order valence-electron chi connectivity index (χ2n) is 12.3. The molecule has 6 aromatic rings. The van der Waals surface area contributed by atoms with Crippen LogP contribution in [0.2, 0.25) is 0 Å². The Morgan fingerprint density at radius 3 is 1.85 bits per heavy atom. The van der Waals surface area contributed by atoms with Crippen LogP contribution < -0.4 is 0 Å². The zero-order valence-corrected chi connectivity index (χ0v) is 23.5. The van der Waals surface area contributed by atoms with Crippen LogP contribution in [0, 0.1) is 0 Å². The summed E-state index contributed by atoms with van der Waals surface area (Å²) in [5, 5.41) is 1.90. The number of aromatic nitrogens is 1. The lowest BCUT2D eigenvalue weighted by Gasteiger charge is -2.26. The highest BCUT2D eigenvalue weighted by molar-refractivity contribution is 6.18. The SMILES string of the molecule is [2H]c1c([2H])c([2H])c(-c2cccc3c2c2c(C(C)(C)C)c(-c4ccc(C(C)(C)C)cc4)ccc2n3-c2ccccc2)c([2H])c1[2H]. The summed E-state index contributed by atoms with van der Waals surface area (Å²) in [6.45, 7) is 13.3. The zero-order valence-electron chi connectivity index (χ0n) is 28.5. The van der Waals surface area contributed by atoms with Crippen molar-refractivity contribution in [2.24, 2.45) is 0 Å². The van der Waals surface area contributed by atoms with Gasteiger partial charge in [0.05, 0.1) is 17.9 Å². The Morgan fingerprint density at radius 2 is 1.21 bits per heavy atom. The second-order valence-corrected chi connectivity index (χ2v) is 12.3. The van der Waals surface area contributed by atoms with Gasteiger partial charge in [-0.1, -0.05) is 132 Å². The Kier molecular flexibility index (Phi) is 4.73. The molecule has 5 aromatic carbocycles. The monoisotopic (exact) mass is 512 g/mol. The van der Waals surface area contributed by atoms with E-state index in [1.807, 2.05) is 30.3 Å². The number of hydrogen-bond acceptors (Lipinski definition) is 0. The maximum Gasteiger partial charge on any atom is 0.0629 e. The predicted molar refractivity (Wildman–Crippen MR) is 169 cm³/mol. The minimum atomic E-state index is -0.390. The molecule has 6 rings (SSSR count). The molecule has 0 unspecified atom stereocenters. The van der Waals surface area contributed by atoms with E-state index in [1.165, 1.54) is 5.56 Å². The Morgan fingerprint density at radius 1 is 0.538 bits per heavy atom. The first-order chi connectivity index (χ1) is 20.7. The van der Waals surface area contributed by atoms with Crippen molar-refractivity contribution in [2.45, 2.75) is 52.4 Å². The van der Waals surface area contributed by atoms with Crippen molar-refractivity contribution in [1.82, 2.24) is 4.57 Å². The molecule has 0 aliphatic carbocycles. The first kappa shape index (κ1) is 19.9. The van der Waals surface area contributed by atoms with E-state index in [1.54, 1.807) is 0 Å². The second kappa shape index (κ2) is 9.27. The Labute approximate surface area is 239 Å². The minimum absolute atomic E-state index is 0.0390. The molecular formula is C38H37N. The molecule has 0 spiro atoms. The fraction of sp³-hybridized carbons (Fsp3) is 0.211. The molecule has 39 heavy (non-hydrogen) atoms. The number of nitrogens with zero attached hydrogens (tertiary/aromatic N) is 1. The van der Waals surface area contributed by atoms with Gasteiger partial charge in [-0.05, 0) is 68.5 Å². The Hall–Kier alpha value is -4.10. The van der Waals surface area contributed by atoms with Gasteiger partial charge in [0, 0.05) is 16.5 Å². The van der Waals surface area contributed by atoms with Gasteiger partial charge in [-0.3, -0.25) is 0 Å². The molecule has 0 aliphatic heterocycles. The van der Waals surface area contributed by atoms with Gasteiger partial charge in [0.25, 0.3) is 0 Å². The molecular weight excluding hydrogens is 470 g/mol. The van der Waals surface area contributed by atoms with Gasteiger partial charge >= 0.3 is 0 Å². The molecule has 1 heterocycles. The molecule has 0 radical (unpaired) electrons. The molecule has 1 heteroatoms. The van der Waals surface area contributed by atoms with E-state index < -0.39 is 0 Å². The van der Waals surface area contributed by atoms with Crippen molar-refractivity contribution < 1.29 is 6.85 Å². The molecule has 0 atom stereocenters. The van der Waals surface area contributed by atoms with Crippen molar-refractivity contribution in [2.75, 3.05) is 0 Å². The number of rotatable bonds is 3. The van der Waals surface area contributed by atoms with Crippen LogP contribution in [0.5, 0.6) is 0 Å². The number of fused-ring (bicyclic) bond motifs is 3. The standard InChI is InChI=1S/C38H37N/c1-37(2,3)28-22-20-27(21-23-28)31-24-25-33-35(36(31)38(4,5)6)34-30(26-14-9-7-10-15-26)18-13-19-32(34)39(33)29-16-11-8-12-17-29/h7-25H,1-6H3/i7D,9D,10D,14D,15D. The summed E-state index contributed by atoms with van der Waals surface area (Å²) in [5.41, 5.74) is 8.16. The molecule has 0 N–H and O–H groups in total. The van der Waals surface area contributed by atoms with Crippen molar-refractivity contribution >= 4 is 21.8 Å². The Balaban J connectivity index is 1.83. The maximum absolute atomic E-state index is 8.87. The lowest BCUT2D eigenvalue weighted by molar-refractivity contribution is 0.590. The van der Waals surface area contributed by atoms with Crippen LogP contribution in [0.1, 0.15) is 59.5 Å². The lowest BCUT2D eigenvalue weighted by atomic mass is 9.78. The average Bonchev–Trinajstić information content (AvgIpc) is 3.33. The van der Waals surface area contributed by atoms with Crippen LogP contribution in [-0.4, -0.2) is 4.57 Å². The van der Waals surface area contributed by atoms with Crippen LogP contribution in [0.15, 0.2) is 115 Å². The van der Waals surface area contributed by atoms with Gasteiger partial charge < -0.3 is 4.57 Å². The topological polar surface area (TPSA) is 4.93 Å². The number of hydrogen-bond donors (Lipinski definition) is 0. The van der Waals surface area contributed by atoms with E-state index in [9.17, 15) is 0 Å². The van der Waals surface area contributed by atoms with Gasteiger partial charge in [0.2, 0.25) is 0 Å². The van der Waals surface area contributed by atoms with Crippen molar-refractivity contribution in [3.8, 4) is 27.9 Å². The predicted octanol–water partition coefficient (Wildman–Crippen LogP) is 10.7. The zero-order chi connectivity index (χ0) is 31.7. The van der Waals surface area contributed by atoms with Gasteiger partial charge in [-0.15, -0.1) is 0 Å². The van der Waals surface area contributed by atoms with Gasteiger partial charge in [0.15, 0.2) is 0 Å². The normalized spacial score (nSPS) is 14.2. The summed E-state index contributed by atoms with van der Waals surface area (Å²) in [5.74, 6) is 0. The van der Waals surface area contributed by atoms with E-state index >= 15 is 0 Å². The molecule has 0 bridgehead atoms. The lowest BCUT2D eigenvalue weighted by Crippen LogP contribution is -2.14. The number of benzene rings is 5. The fourth-order valence-corrected chi connectivity index (χ4v) is 5.77. The van der Waals surface area contributed by atoms with Crippen LogP contribution in [0.25, 0.3) is 49.7 Å². The summed E-state index contributed by atoms with van der Waals surface area (Å²) in [6, 6.07) is 27.8. The van der Waals surface area contributed by atoms with Crippen LogP contribution in [-0.2, 0) is 10.8 Å². The highest BCUT2D eigenvalue weighted by atomic mass is 15.0. The fourth-order valence-electron chi connectivity index (χ4n) is 5.77. The van der Waals surface area contributed by atoms with E-state index in [-0.39, 0.29) is 46.6 Å². The first-order valence-corrected chi connectivity index (χ1v) is 13.6. The summed E-state index contributed by atoms with van der Waals surface area (Å²) in [7, 11) is 0. The minimum Gasteiger partial charge on any atom is -0.309 e. The summed E-state index contributed by atoms with van der Waals surface area (Å²) < 4.78 is 45.0. The highest BCUT2D eigenvalue weighted by Crippen LogP contribution is 2.46. The van der Waals surface area contributed by atoms with Gasteiger partial charge in [0.1, 0.15) is 0 Å². The molecule has 0 aliphatic rings. The molecule has 0 saturated carbocycles. The molecule has 1 nitrogen and oxygen atoms in total. The van der Waals surface area contributed by atoms with E-state index in [0.717, 1.165) is 44.2 Å². The van der Waals surface area contributed by atoms with E-state index in [2.05, 4.69) is 101 Å². The quantitative estimate of drug-likeness (QED) is 0.222. The van der Waals surface area contributed by atoms with Crippen LogP contribution in [0.4, 0.5) is 0 Å². The third kappa shape index (κ3) is 4.36. The van der Waals surface area contributed by atoms with Crippen molar-refractivity contribution in [3.63, 3.8) is 0 Å². The van der Waals surface area contributed by atoms with Crippen LogP contribution >= 0.6 is 0 Å². The largest absolute Gasteiger partial charge is 0.309 e. The van der Waals surface area contributed by atoms with Crippen molar-refractivity contribution in [1.29, 1.82) is 0 Å². The Bertz CT molecular complexity index is 2030. The summed E-state index contributed by atoms with van der Waals surface area (Å²) in [4.78, 5) is 0. The highest BCUT2D eigenvalue weighted by Gasteiger charge is 2.27. The first-order valence-electron chi connectivity index (χ1n) is 16.1. The molecule has 0 amide bonds. The molecule has 194 valence electrons. The van der Waals surface area contributed by atoms with E-state index in [0.29, 0.717) is 5.56 Å². The third-order valence-corrected chi connectivity index (χ3v) is 7.55. The summed E-state index contributed by atoms with van der Waals surface area (Å²) >= 11 is 0. The number of para-hydroxylation sites is 1. The molecule has 0 fully saturated rings. The third-order valence-electron chi connectivity index (χ3n) is 7.55. The van der Waals surface area contributed by atoms with Crippen molar-refractivity contribution in [3.05, 3.63) is 126 Å². The smallest absolute Gasteiger partial charge is 0.0629 e. The average molecular weight is 513 g/mol.